The number of rotatable bonds is 3. The normalized spacial score (nSPS) is 10.4. The third kappa shape index (κ3) is 3.76. The van der Waals surface area contributed by atoms with Crippen molar-refractivity contribution in [2.24, 2.45) is 0 Å². The van der Waals surface area contributed by atoms with Gasteiger partial charge in [-0.25, -0.2) is 0 Å². The van der Waals surface area contributed by atoms with Gasteiger partial charge in [0.05, 0.1) is 0 Å². The van der Waals surface area contributed by atoms with Crippen molar-refractivity contribution in [3.63, 3.8) is 0 Å². The molecule has 1 aromatic carbocycles. The van der Waals surface area contributed by atoms with Crippen LogP contribution < -0.4 is 16.2 Å². The smallest absolute Gasteiger partial charge is 0.248 e. The lowest BCUT2D eigenvalue weighted by molar-refractivity contribution is -0.111. The topological polar surface area (TPSA) is 29.1 Å². The van der Waals surface area contributed by atoms with Gasteiger partial charge in [-0.1, -0.05) is 42.0 Å². The number of amides is 1. The molecular formula is C15H19B2NO. The number of allylic oxidation sites excluding steroid dienone is 1. The summed E-state index contributed by atoms with van der Waals surface area (Å²) in [4.78, 5) is 11.8. The summed E-state index contributed by atoms with van der Waals surface area (Å²) in [6, 6.07) is 1.84. The molecule has 4 heteroatoms. The monoisotopic (exact) mass is 251 g/mol. The first-order valence-corrected chi connectivity index (χ1v) is 6.38. The van der Waals surface area contributed by atoms with E-state index in [1.54, 1.807) is 0 Å². The standard InChI is InChI=1S/C15H19B2NO/c1-8(2)6-13(19)18-15-10(5)14(17)11(9(3)4)7-12(15)16/h6-7,9H,1-5H3,(H,18,19). The van der Waals surface area contributed by atoms with Crippen molar-refractivity contribution < 1.29 is 4.79 Å². The number of hydrogen-bond acceptors (Lipinski definition) is 1. The molecule has 1 rings (SSSR count). The van der Waals surface area contributed by atoms with E-state index in [9.17, 15) is 4.79 Å². The maximum absolute atomic E-state index is 11.8. The first-order chi connectivity index (χ1) is 8.73. The third-order valence-corrected chi connectivity index (χ3v) is 2.98. The number of nitrogens with one attached hydrogen (secondary N) is 1. The predicted octanol–water partition coefficient (Wildman–Crippen LogP) is 1.61. The highest BCUT2D eigenvalue weighted by molar-refractivity contribution is 6.41. The molecule has 0 aliphatic carbocycles. The van der Waals surface area contributed by atoms with Crippen molar-refractivity contribution in [1.82, 2.24) is 0 Å². The Morgan fingerprint density at radius 1 is 1.32 bits per heavy atom. The second-order valence-corrected chi connectivity index (χ2v) is 5.33. The lowest BCUT2D eigenvalue weighted by Gasteiger charge is -2.19. The number of hydrogen-bond donors (Lipinski definition) is 1. The van der Waals surface area contributed by atoms with Gasteiger partial charge in [-0.15, -0.1) is 0 Å². The fourth-order valence-electron chi connectivity index (χ4n) is 1.95. The van der Waals surface area contributed by atoms with E-state index in [1.807, 2.05) is 26.8 Å². The molecule has 96 valence electrons. The predicted molar refractivity (Wildman–Crippen MR) is 84.1 cm³/mol. The summed E-state index contributed by atoms with van der Waals surface area (Å²) in [5.41, 5.74) is 4.60. The Balaban J connectivity index is 3.20. The summed E-state index contributed by atoms with van der Waals surface area (Å²) >= 11 is 0. The van der Waals surface area contributed by atoms with Crippen molar-refractivity contribution in [1.29, 1.82) is 0 Å². The zero-order chi connectivity index (χ0) is 14.7. The van der Waals surface area contributed by atoms with Gasteiger partial charge in [0.1, 0.15) is 15.7 Å². The van der Waals surface area contributed by atoms with Crippen molar-refractivity contribution >= 4 is 38.2 Å². The molecule has 1 amide bonds. The Morgan fingerprint density at radius 2 is 1.89 bits per heavy atom. The molecule has 0 aliphatic rings. The van der Waals surface area contributed by atoms with Crippen LogP contribution in [0.1, 0.15) is 44.7 Å². The van der Waals surface area contributed by atoms with Crippen LogP contribution in [-0.4, -0.2) is 21.6 Å². The van der Waals surface area contributed by atoms with Crippen LogP contribution in [0.25, 0.3) is 0 Å². The molecule has 0 saturated carbocycles. The average Bonchev–Trinajstić information content (AvgIpc) is 2.28. The molecule has 0 atom stereocenters. The van der Waals surface area contributed by atoms with Gasteiger partial charge in [0.15, 0.2) is 0 Å². The van der Waals surface area contributed by atoms with Crippen LogP contribution in [-0.2, 0) is 4.79 Å². The molecule has 19 heavy (non-hydrogen) atoms. The van der Waals surface area contributed by atoms with Crippen LogP contribution in [0.3, 0.4) is 0 Å². The van der Waals surface area contributed by atoms with Crippen LogP contribution in [0.5, 0.6) is 0 Å². The average molecular weight is 251 g/mol. The minimum atomic E-state index is -0.188. The van der Waals surface area contributed by atoms with Crippen molar-refractivity contribution in [2.75, 3.05) is 5.32 Å². The van der Waals surface area contributed by atoms with Crippen molar-refractivity contribution in [2.45, 2.75) is 40.5 Å². The van der Waals surface area contributed by atoms with Crippen LogP contribution in [0.2, 0.25) is 0 Å². The Hall–Kier alpha value is -1.44. The van der Waals surface area contributed by atoms with Crippen molar-refractivity contribution in [3.05, 3.63) is 28.8 Å². The highest BCUT2D eigenvalue weighted by Crippen LogP contribution is 2.17. The second kappa shape index (κ2) is 6.14. The molecule has 0 saturated heterocycles. The summed E-state index contributed by atoms with van der Waals surface area (Å²) in [6.45, 7) is 9.73. The summed E-state index contributed by atoms with van der Waals surface area (Å²) in [5.74, 6) is 0.107. The van der Waals surface area contributed by atoms with Gasteiger partial charge >= 0.3 is 0 Å². The SMILES string of the molecule is [B]c1cc(C(C)C)c([B])c(C)c1NC(=O)C=C(C)C. The summed E-state index contributed by atoms with van der Waals surface area (Å²) < 4.78 is 0. The largest absolute Gasteiger partial charge is 0.323 e. The van der Waals surface area contributed by atoms with Gasteiger partial charge in [0.25, 0.3) is 0 Å². The minimum Gasteiger partial charge on any atom is -0.323 e. The Labute approximate surface area is 118 Å². The number of anilines is 1. The molecule has 0 spiro atoms. The van der Waals surface area contributed by atoms with Crippen molar-refractivity contribution in [3.8, 4) is 0 Å². The van der Waals surface area contributed by atoms with E-state index in [0.29, 0.717) is 22.5 Å². The van der Waals surface area contributed by atoms with E-state index in [0.717, 1.165) is 16.7 Å². The van der Waals surface area contributed by atoms with Gasteiger partial charge in [0.2, 0.25) is 5.91 Å². The highest BCUT2D eigenvalue weighted by Gasteiger charge is 2.12. The lowest BCUT2D eigenvalue weighted by Crippen LogP contribution is -2.27. The molecular weight excluding hydrogens is 232 g/mol. The maximum Gasteiger partial charge on any atom is 0.248 e. The number of carbonyl (C=O) groups is 1. The Morgan fingerprint density at radius 3 is 2.37 bits per heavy atom. The first kappa shape index (κ1) is 15.6. The van der Waals surface area contributed by atoms with Gasteiger partial charge in [-0.3, -0.25) is 4.79 Å². The molecule has 0 bridgehead atoms. The summed E-state index contributed by atoms with van der Waals surface area (Å²) in [7, 11) is 12.1. The molecule has 2 nitrogen and oxygen atoms in total. The van der Waals surface area contributed by atoms with Gasteiger partial charge in [-0.2, -0.15) is 0 Å². The Bertz CT molecular complexity index is 529. The summed E-state index contributed by atoms with van der Waals surface area (Å²) in [5, 5.41) is 2.80. The van der Waals surface area contributed by atoms with Crippen LogP contribution >= 0.6 is 0 Å². The fraction of sp³-hybridized carbons (Fsp3) is 0.400. The van der Waals surface area contributed by atoms with Crippen LogP contribution in [0.15, 0.2) is 17.7 Å². The van der Waals surface area contributed by atoms with E-state index in [4.69, 9.17) is 15.7 Å². The fourth-order valence-corrected chi connectivity index (χ4v) is 1.95. The molecule has 1 aromatic rings. The molecule has 0 fully saturated rings. The maximum atomic E-state index is 11.8. The summed E-state index contributed by atoms with van der Waals surface area (Å²) in [6.07, 6.45) is 1.53. The van der Waals surface area contributed by atoms with Gasteiger partial charge < -0.3 is 5.32 Å². The molecule has 0 unspecified atom stereocenters. The molecule has 4 radical (unpaired) electrons. The molecule has 0 heterocycles. The van der Waals surface area contributed by atoms with E-state index in [-0.39, 0.29) is 5.91 Å². The van der Waals surface area contributed by atoms with E-state index in [2.05, 4.69) is 19.2 Å². The zero-order valence-electron chi connectivity index (χ0n) is 12.3. The third-order valence-electron chi connectivity index (χ3n) is 2.98. The van der Waals surface area contributed by atoms with E-state index >= 15 is 0 Å². The van der Waals surface area contributed by atoms with E-state index in [1.165, 1.54) is 6.08 Å². The molecule has 1 N–H and O–H groups in total. The van der Waals surface area contributed by atoms with Crippen LogP contribution in [0.4, 0.5) is 5.69 Å². The number of benzene rings is 1. The van der Waals surface area contributed by atoms with Crippen LogP contribution in [0, 0.1) is 6.92 Å². The zero-order valence-corrected chi connectivity index (χ0v) is 12.3. The molecule has 0 aliphatic heterocycles. The minimum absolute atomic E-state index is 0.188. The lowest BCUT2D eigenvalue weighted by atomic mass is 9.76. The van der Waals surface area contributed by atoms with Gasteiger partial charge in [-0.05, 0) is 32.3 Å². The van der Waals surface area contributed by atoms with E-state index < -0.39 is 0 Å². The number of carbonyl (C=O) groups excluding carboxylic acids is 1. The quantitative estimate of drug-likeness (QED) is 0.641. The molecule has 0 aromatic heterocycles. The highest BCUT2D eigenvalue weighted by atomic mass is 16.1. The first-order valence-electron chi connectivity index (χ1n) is 6.38. The second-order valence-electron chi connectivity index (χ2n) is 5.33. The Kier molecular flexibility index (Phi) is 5.04. The van der Waals surface area contributed by atoms with Gasteiger partial charge in [0, 0.05) is 11.8 Å².